The number of hydrogen-bond donors (Lipinski definition) is 1. The molecule has 0 aromatic carbocycles. The van der Waals surface area contributed by atoms with Crippen molar-refractivity contribution in [3.8, 4) is 0 Å². The Labute approximate surface area is 112 Å². The molecular formula is C14H30N2O2. The summed E-state index contributed by atoms with van der Waals surface area (Å²) in [6, 6.07) is 0. The van der Waals surface area contributed by atoms with Crippen molar-refractivity contribution in [1.82, 2.24) is 4.90 Å². The number of nitrogens with two attached hydrogens (primary N) is 1. The summed E-state index contributed by atoms with van der Waals surface area (Å²) in [6.45, 7) is 12.1. The SMILES string of the molecule is CCCN(CC(C)(C)CN)C(=O)C(C)(CC)OC. The molecule has 4 heteroatoms. The lowest BCUT2D eigenvalue weighted by atomic mass is 9.91. The third kappa shape index (κ3) is 4.58. The number of rotatable bonds is 8. The largest absolute Gasteiger partial charge is 0.369 e. The van der Waals surface area contributed by atoms with E-state index in [4.69, 9.17) is 10.5 Å². The third-order valence-corrected chi connectivity index (χ3v) is 3.53. The summed E-state index contributed by atoms with van der Waals surface area (Å²) in [6.07, 6.45) is 1.61. The van der Waals surface area contributed by atoms with Crippen LogP contribution in [0.4, 0.5) is 0 Å². The summed E-state index contributed by atoms with van der Waals surface area (Å²) < 4.78 is 5.40. The van der Waals surface area contributed by atoms with E-state index in [1.54, 1.807) is 7.11 Å². The molecule has 0 aliphatic rings. The van der Waals surface area contributed by atoms with Gasteiger partial charge in [0, 0.05) is 20.2 Å². The van der Waals surface area contributed by atoms with Gasteiger partial charge >= 0.3 is 0 Å². The molecule has 0 fully saturated rings. The standard InChI is InChI=1S/C14H30N2O2/c1-7-9-16(11-13(3,4)10-15)12(17)14(5,8-2)18-6/h7-11,15H2,1-6H3. The number of methoxy groups -OCH3 is 1. The van der Waals surface area contributed by atoms with Crippen molar-refractivity contribution in [2.75, 3.05) is 26.7 Å². The molecule has 1 atom stereocenters. The summed E-state index contributed by atoms with van der Waals surface area (Å²) in [4.78, 5) is 14.5. The minimum absolute atomic E-state index is 0.0623. The molecular weight excluding hydrogens is 228 g/mol. The van der Waals surface area contributed by atoms with Crippen molar-refractivity contribution in [3.63, 3.8) is 0 Å². The highest BCUT2D eigenvalue weighted by molar-refractivity contribution is 5.84. The van der Waals surface area contributed by atoms with Crippen molar-refractivity contribution in [3.05, 3.63) is 0 Å². The van der Waals surface area contributed by atoms with Crippen LogP contribution in [0.2, 0.25) is 0 Å². The highest BCUT2D eigenvalue weighted by atomic mass is 16.5. The van der Waals surface area contributed by atoms with E-state index in [0.29, 0.717) is 19.5 Å². The number of hydrogen-bond acceptors (Lipinski definition) is 3. The van der Waals surface area contributed by atoms with Crippen LogP contribution in [0.5, 0.6) is 0 Å². The maximum absolute atomic E-state index is 12.6. The van der Waals surface area contributed by atoms with E-state index in [2.05, 4.69) is 20.8 Å². The Morgan fingerprint density at radius 1 is 1.28 bits per heavy atom. The quantitative estimate of drug-likeness (QED) is 0.724. The highest BCUT2D eigenvalue weighted by Crippen LogP contribution is 2.22. The molecule has 108 valence electrons. The minimum Gasteiger partial charge on any atom is -0.369 e. The number of carbonyl (C=O) groups is 1. The zero-order valence-electron chi connectivity index (χ0n) is 12.9. The van der Waals surface area contributed by atoms with E-state index >= 15 is 0 Å². The topological polar surface area (TPSA) is 55.6 Å². The van der Waals surface area contributed by atoms with Gasteiger partial charge in [0.1, 0.15) is 5.60 Å². The van der Waals surface area contributed by atoms with E-state index in [9.17, 15) is 4.79 Å². The van der Waals surface area contributed by atoms with Crippen LogP contribution in [0.3, 0.4) is 0 Å². The van der Waals surface area contributed by atoms with Crippen molar-refractivity contribution >= 4 is 5.91 Å². The maximum atomic E-state index is 12.6. The lowest BCUT2D eigenvalue weighted by Crippen LogP contribution is -2.51. The van der Waals surface area contributed by atoms with E-state index < -0.39 is 5.60 Å². The Hall–Kier alpha value is -0.610. The van der Waals surface area contributed by atoms with Gasteiger partial charge in [-0.2, -0.15) is 0 Å². The first-order valence-electron chi connectivity index (χ1n) is 6.81. The van der Waals surface area contributed by atoms with Gasteiger partial charge in [-0.05, 0) is 31.7 Å². The first kappa shape index (κ1) is 17.4. The second-order valence-corrected chi connectivity index (χ2v) is 5.88. The van der Waals surface area contributed by atoms with E-state index in [1.165, 1.54) is 0 Å². The van der Waals surface area contributed by atoms with E-state index in [0.717, 1.165) is 13.0 Å². The number of amides is 1. The Bertz CT molecular complexity index is 261. The highest BCUT2D eigenvalue weighted by Gasteiger charge is 2.36. The Kier molecular flexibility index (Phi) is 6.86. The predicted molar refractivity (Wildman–Crippen MR) is 75.4 cm³/mol. The van der Waals surface area contributed by atoms with Gasteiger partial charge in [-0.25, -0.2) is 0 Å². The van der Waals surface area contributed by atoms with Crippen LogP contribution in [0.1, 0.15) is 47.5 Å². The number of ether oxygens (including phenoxy) is 1. The smallest absolute Gasteiger partial charge is 0.254 e. The summed E-state index contributed by atoms with van der Waals surface area (Å²) in [5.74, 6) is 0.0656. The lowest BCUT2D eigenvalue weighted by molar-refractivity contribution is -0.154. The fraction of sp³-hybridized carbons (Fsp3) is 0.929. The van der Waals surface area contributed by atoms with Gasteiger partial charge in [-0.3, -0.25) is 4.79 Å². The van der Waals surface area contributed by atoms with Crippen molar-refractivity contribution in [1.29, 1.82) is 0 Å². The van der Waals surface area contributed by atoms with Crippen molar-refractivity contribution in [2.45, 2.75) is 53.1 Å². The molecule has 0 aromatic rings. The molecule has 0 saturated heterocycles. The monoisotopic (exact) mass is 258 g/mol. The zero-order chi connectivity index (χ0) is 14.4. The van der Waals surface area contributed by atoms with Crippen LogP contribution < -0.4 is 5.73 Å². The Morgan fingerprint density at radius 2 is 1.83 bits per heavy atom. The van der Waals surface area contributed by atoms with E-state index in [-0.39, 0.29) is 11.3 Å². The molecule has 0 aromatic heterocycles. The third-order valence-electron chi connectivity index (χ3n) is 3.53. The fourth-order valence-corrected chi connectivity index (χ4v) is 1.82. The minimum atomic E-state index is -0.722. The molecule has 0 rings (SSSR count). The molecule has 0 spiro atoms. The first-order chi connectivity index (χ1) is 8.26. The fourth-order valence-electron chi connectivity index (χ4n) is 1.82. The summed E-state index contributed by atoms with van der Waals surface area (Å²) in [5.41, 5.74) is 4.97. The van der Waals surface area contributed by atoms with Gasteiger partial charge in [0.05, 0.1) is 0 Å². The summed E-state index contributed by atoms with van der Waals surface area (Å²) in [7, 11) is 1.60. The summed E-state index contributed by atoms with van der Waals surface area (Å²) >= 11 is 0. The second-order valence-electron chi connectivity index (χ2n) is 5.88. The lowest BCUT2D eigenvalue weighted by Gasteiger charge is -2.37. The molecule has 0 heterocycles. The normalized spacial score (nSPS) is 15.3. The molecule has 0 bridgehead atoms. The van der Waals surface area contributed by atoms with Crippen LogP contribution in [-0.2, 0) is 9.53 Å². The molecule has 0 aliphatic carbocycles. The predicted octanol–water partition coefficient (Wildman–Crippen LogP) is 2.02. The number of nitrogens with zero attached hydrogens (tertiary/aromatic N) is 1. The zero-order valence-corrected chi connectivity index (χ0v) is 12.9. The van der Waals surface area contributed by atoms with Crippen LogP contribution in [-0.4, -0.2) is 43.2 Å². The van der Waals surface area contributed by atoms with E-state index in [1.807, 2.05) is 18.7 Å². The molecule has 18 heavy (non-hydrogen) atoms. The molecule has 1 amide bonds. The first-order valence-corrected chi connectivity index (χ1v) is 6.81. The van der Waals surface area contributed by atoms with Gasteiger partial charge in [0.15, 0.2) is 0 Å². The van der Waals surface area contributed by atoms with Gasteiger partial charge in [0.2, 0.25) is 0 Å². The maximum Gasteiger partial charge on any atom is 0.254 e. The second kappa shape index (κ2) is 7.10. The van der Waals surface area contributed by atoms with Crippen LogP contribution in [0.15, 0.2) is 0 Å². The molecule has 0 aliphatic heterocycles. The van der Waals surface area contributed by atoms with Gasteiger partial charge in [-0.1, -0.05) is 27.7 Å². The molecule has 0 saturated carbocycles. The molecule has 4 nitrogen and oxygen atoms in total. The Balaban J connectivity index is 4.95. The Morgan fingerprint density at radius 3 is 2.17 bits per heavy atom. The average molecular weight is 258 g/mol. The van der Waals surface area contributed by atoms with Crippen LogP contribution in [0, 0.1) is 5.41 Å². The van der Waals surface area contributed by atoms with Crippen molar-refractivity contribution < 1.29 is 9.53 Å². The number of carbonyl (C=O) groups excluding carboxylic acids is 1. The van der Waals surface area contributed by atoms with Crippen LogP contribution >= 0.6 is 0 Å². The van der Waals surface area contributed by atoms with Crippen LogP contribution in [0.25, 0.3) is 0 Å². The van der Waals surface area contributed by atoms with Gasteiger partial charge in [0.25, 0.3) is 5.91 Å². The van der Waals surface area contributed by atoms with Gasteiger partial charge < -0.3 is 15.4 Å². The molecule has 2 N–H and O–H groups in total. The average Bonchev–Trinajstić information content (AvgIpc) is 2.36. The van der Waals surface area contributed by atoms with Crippen molar-refractivity contribution in [2.24, 2.45) is 11.1 Å². The molecule has 0 radical (unpaired) electrons. The van der Waals surface area contributed by atoms with Gasteiger partial charge in [-0.15, -0.1) is 0 Å². The molecule has 1 unspecified atom stereocenters. The summed E-state index contributed by atoms with van der Waals surface area (Å²) in [5, 5.41) is 0.